The molecule has 1 N–H and O–H groups in total. The lowest BCUT2D eigenvalue weighted by Gasteiger charge is -2.07. The van der Waals surface area contributed by atoms with Gasteiger partial charge in [-0.25, -0.2) is 0 Å². The van der Waals surface area contributed by atoms with Crippen molar-refractivity contribution in [2.24, 2.45) is 0 Å². The molecule has 0 unspecified atom stereocenters. The molecule has 2 rings (SSSR count). The first-order valence-corrected chi connectivity index (χ1v) is 6.93. The normalized spacial score (nSPS) is 10.8. The topological polar surface area (TPSA) is 77.2 Å². The molecule has 0 saturated carbocycles. The van der Waals surface area contributed by atoms with Gasteiger partial charge in [-0.2, -0.15) is 0 Å². The second-order valence-electron chi connectivity index (χ2n) is 4.85. The summed E-state index contributed by atoms with van der Waals surface area (Å²) in [6, 6.07) is 5.25. The first-order chi connectivity index (χ1) is 10.2. The number of aromatic nitrogens is 2. The van der Waals surface area contributed by atoms with Crippen LogP contribution < -0.4 is 5.32 Å². The van der Waals surface area contributed by atoms with Gasteiger partial charge >= 0.3 is 0 Å². The Morgan fingerprint density at radius 3 is 3.05 bits per heavy atom. The second kappa shape index (κ2) is 7.54. The van der Waals surface area contributed by atoms with Gasteiger partial charge in [0.1, 0.15) is 0 Å². The van der Waals surface area contributed by atoms with Crippen molar-refractivity contribution >= 4 is 5.91 Å². The van der Waals surface area contributed by atoms with Gasteiger partial charge in [-0.15, -0.1) is 0 Å². The second-order valence-corrected chi connectivity index (χ2v) is 4.85. The maximum atomic E-state index is 11.9. The number of ether oxygens (including phenoxy) is 1. The highest BCUT2D eigenvalue weighted by Gasteiger charge is 2.13. The van der Waals surface area contributed by atoms with Crippen molar-refractivity contribution in [1.29, 1.82) is 0 Å². The van der Waals surface area contributed by atoms with Crippen LogP contribution in [0, 0.1) is 0 Å². The molecule has 0 fully saturated rings. The predicted molar refractivity (Wildman–Crippen MR) is 77.8 cm³/mol. The Bertz CT molecular complexity index is 567. The first kappa shape index (κ1) is 15.2. The lowest BCUT2D eigenvalue weighted by molar-refractivity contribution is 0.0756. The van der Waals surface area contributed by atoms with Crippen LogP contribution in [0.25, 0.3) is 11.3 Å². The highest BCUT2D eigenvalue weighted by molar-refractivity contribution is 5.93. The van der Waals surface area contributed by atoms with Gasteiger partial charge in [-0.1, -0.05) is 5.16 Å². The summed E-state index contributed by atoms with van der Waals surface area (Å²) in [7, 11) is 0. The molecular formula is C15H19N3O3. The number of amides is 1. The van der Waals surface area contributed by atoms with Crippen molar-refractivity contribution in [3.05, 3.63) is 36.3 Å². The molecule has 0 bridgehead atoms. The minimum atomic E-state index is -0.251. The van der Waals surface area contributed by atoms with E-state index >= 15 is 0 Å². The third kappa shape index (κ3) is 4.68. The summed E-state index contributed by atoms with van der Waals surface area (Å²) in [6.45, 7) is 5.13. The number of nitrogens with zero attached hydrogens (tertiary/aromatic N) is 2. The molecule has 2 heterocycles. The predicted octanol–water partition coefficient (Wildman–Crippen LogP) is 2.28. The molecular weight excluding hydrogens is 270 g/mol. The van der Waals surface area contributed by atoms with Gasteiger partial charge in [-0.05, 0) is 32.4 Å². The third-order valence-electron chi connectivity index (χ3n) is 2.75. The molecule has 1 amide bonds. The molecule has 0 aliphatic rings. The van der Waals surface area contributed by atoms with E-state index in [-0.39, 0.29) is 17.7 Å². The summed E-state index contributed by atoms with van der Waals surface area (Å²) < 4.78 is 10.6. The van der Waals surface area contributed by atoms with Crippen LogP contribution in [0.4, 0.5) is 0 Å². The van der Waals surface area contributed by atoms with Gasteiger partial charge < -0.3 is 14.6 Å². The van der Waals surface area contributed by atoms with E-state index in [0.29, 0.717) is 18.9 Å². The smallest absolute Gasteiger partial charge is 0.273 e. The lowest BCUT2D eigenvalue weighted by Crippen LogP contribution is -2.25. The van der Waals surface area contributed by atoms with Crippen LogP contribution in [-0.4, -0.2) is 35.3 Å². The Kier molecular flexibility index (Phi) is 5.45. The lowest BCUT2D eigenvalue weighted by atomic mass is 10.2. The fourth-order valence-electron chi connectivity index (χ4n) is 1.71. The minimum absolute atomic E-state index is 0.207. The number of rotatable bonds is 7. The maximum Gasteiger partial charge on any atom is 0.273 e. The SMILES string of the molecule is CC(C)OCCCNC(=O)c1cc(-c2cccnc2)on1. The van der Waals surface area contributed by atoms with Crippen molar-refractivity contribution in [1.82, 2.24) is 15.5 Å². The summed E-state index contributed by atoms with van der Waals surface area (Å²) in [5, 5.41) is 6.55. The van der Waals surface area contributed by atoms with E-state index in [1.165, 1.54) is 0 Å². The molecule has 0 aliphatic heterocycles. The number of hydrogen-bond acceptors (Lipinski definition) is 5. The highest BCUT2D eigenvalue weighted by Crippen LogP contribution is 2.18. The van der Waals surface area contributed by atoms with Gasteiger partial charge in [0.25, 0.3) is 5.91 Å². The van der Waals surface area contributed by atoms with E-state index in [1.54, 1.807) is 24.5 Å². The summed E-state index contributed by atoms with van der Waals surface area (Å²) in [6.07, 6.45) is 4.30. The highest BCUT2D eigenvalue weighted by atomic mass is 16.5. The Hall–Kier alpha value is -2.21. The van der Waals surface area contributed by atoms with Crippen LogP contribution in [0.5, 0.6) is 0 Å². The molecule has 2 aromatic heterocycles. The summed E-state index contributed by atoms with van der Waals surface area (Å²) in [4.78, 5) is 15.9. The molecule has 0 aromatic carbocycles. The molecule has 112 valence electrons. The van der Waals surface area contributed by atoms with Gasteiger partial charge in [0.15, 0.2) is 11.5 Å². The number of pyridine rings is 1. The van der Waals surface area contributed by atoms with Crippen molar-refractivity contribution in [2.45, 2.75) is 26.4 Å². The molecule has 2 aromatic rings. The van der Waals surface area contributed by atoms with Gasteiger partial charge in [-0.3, -0.25) is 9.78 Å². The molecule has 6 heteroatoms. The van der Waals surface area contributed by atoms with E-state index < -0.39 is 0 Å². The van der Waals surface area contributed by atoms with Gasteiger partial charge in [0.05, 0.1) is 6.10 Å². The Labute approximate surface area is 123 Å². The monoisotopic (exact) mass is 289 g/mol. The summed E-state index contributed by atoms with van der Waals surface area (Å²) in [5.41, 5.74) is 1.05. The fourth-order valence-corrected chi connectivity index (χ4v) is 1.71. The zero-order chi connectivity index (χ0) is 15.1. The largest absolute Gasteiger partial charge is 0.379 e. The Morgan fingerprint density at radius 2 is 2.33 bits per heavy atom. The summed E-state index contributed by atoms with van der Waals surface area (Å²) in [5.74, 6) is 0.273. The average molecular weight is 289 g/mol. The molecule has 0 atom stereocenters. The number of carbonyl (C=O) groups excluding carboxylic acids is 1. The zero-order valence-corrected chi connectivity index (χ0v) is 12.2. The van der Waals surface area contributed by atoms with Crippen LogP contribution >= 0.6 is 0 Å². The average Bonchev–Trinajstić information content (AvgIpc) is 2.97. The van der Waals surface area contributed by atoms with Crippen LogP contribution in [-0.2, 0) is 4.74 Å². The van der Waals surface area contributed by atoms with E-state index in [0.717, 1.165) is 12.0 Å². The third-order valence-corrected chi connectivity index (χ3v) is 2.75. The molecule has 21 heavy (non-hydrogen) atoms. The standard InChI is InChI=1S/C15H19N3O3/c1-11(2)20-8-4-7-17-15(19)13-9-14(21-18-13)12-5-3-6-16-10-12/h3,5-6,9-11H,4,7-8H2,1-2H3,(H,17,19). The molecule has 0 radical (unpaired) electrons. The van der Waals surface area contributed by atoms with E-state index in [1.807, 2.05) is 19.9 Å². The summed E-state index contributed by atoms with van der Waals surface area (Å²) >= 11 is 0. The van der Waals surface area contributed by atoms with Crippen LogP contribution in [0.15, 0.2) is 35.1 Å². The van der Waals surface area contributed by atoms with Crippen molar-refractivity contribution < 1.29 is 14.1 Å². The minimum Gasteiger partial charge on any atom is -0.379 e. The van der Waals surface area contributed by atoms with E-state index in [2.05, 4.69) is 15.5 Å². The fraction of sp³-hybridized carbons (Fsp3) is 0.400. The van der Waals surface area contributed by atoms with Crippen LogP contribution in [0.3, 0.4) is 0 Å². The first-order valence-electron chi connectivity index (χ1n) is 6.93. The van der Waals surface area contributed by atoms with Crippen LogP contribution in [0.1, 0.15) is 30.8 Å². The maximum absolute atomic E-state index is 11.9. The van der Waals surface area contributed by atoms with Crippen molar-refractivity contribution in [3.63, 3.8) is 0 Å². The number of hydrogen-bond donors (Lipinski definition) is 1. The number of nitrogens with one attached hydrogen (secondary N) is 1. The quantitative estimate of drug-likeness (QED) is 0.791. The number of carbonyl (C=O) groups is 1. The van der Waals surface area contributed by atoms with Crippen LogP contribution in [0.2, 0.25) is 0 Å². The molecule has 0 aliphatic carbocycles. The zero-order valence-electron chi connectivity index (χ0n) is 12.2. The van der Waals surface area contributed by atoms with Crippen molar-refractivity contribution in [3.8, 4) is 11.3 Å². The Balaban J connectivity index is 1.82. The van der Waals surface area contributed by atoms with Crippen molar-refractivity contribution in [2.75, 3.05) is 13.2 Å². The molecule has 0 saturated heterocycles. The van der Waals surface area contributed by atoms with Gasteiger partial charge in [0, 0.05) is 37.2 Å². The molecule has 6 nitrogen and oxygen atoms in total. The van der Waals surface area contributed by atoms with Gasteiger partial charge in [0.2, 0.25) is 0 Å². The molecule has 0 spiro atoms. The van der Waals surface area contributed by atoms with E-state index in [4.69, 9.17) is 9.26 Å². The Morgan fingerprint density at radius 1 is 1.48 bits per heavy atom. The van der Waals surface area contributed by atoms with E-state index in [9.17, 15) is 4.79 Å².